The van der Waals surface area contributed by atoms with Crippen molar-refractivity contribution in [1.82, 2.24) is 0 Å². The molecule has 0 aliphatic heterocycles. The summed E-state index contributed by atoms with van der Waals surface area (Å²) in [7, 11) is 0. The van der Waals surface area contributed by atoms with Crippen molar-refractivity contribution in [2.24, 2.45) is 11.8 Å². The summed E-state index contributed by atoms with van der Waals surface area (Å²) >= 11 is 0. The van der Waals surface area contributed by atoms with Crippen LogP contribution in [-0.4, -0.2) is 52.4 Å². The van der Waals surface area contributed by atoms with E-state index in [9.17, 15) is 19.8 Å². The van der Waals surface area contributed by atoms with Gasteiger partial charge in [-0.2, -0.15) is 19.2 Å². The van der Waals surface area contributed by atoms with E-state index in [4.69, 9.17) is 23.9 Å². The second-order valence-electron chi connectivity index (χ2n) is 6.64. The first-order valence-electron chi connectivity index (χ1n) is 8.47. The van der Waals surface area contributed by atoms with Crippen LogP contribution in [0.5, 0.6) is 0 Å². The van der Waals surface area contributed by atoms with Gasteiger partial charge in [0.05, 0.1) is 12.2 Å². The van der Waals surface area contributed by atoms with Crippen LogP contribution in [0, 0.1) is 11.8 Å². The maximum atomic E-state index is 11.0. The van der Waals surface area contributed by atoms with Crippen molar-refractivity contribution >= 4 is 24.2 Å². The Labute approximate surface area is 165 Å². The molecule has 0 unspecified atom stereocenters. The Morgan fingerprint density at radius 3 is 1.32 bits per heavy atom. The molecule has 0 aliphatic carbocycles. The molecule has 164 valence electrons. The summed E-state index contributed by atoms with van der Waals surface area (Å²) in [6, 6.07) is 0. The Bertz CT molecular complexity index is 457. The molecule has 0 radical (unpaired) electrons. The summed E-state index contributed by atoms with van der Waals surface area (Å²) in [6.07, 6.45) is 0.708. The summed E-state index contributed by atoms with van der Waals surface area (Å²) in [5, 5.41) is 18.4. The highest BCUT2D eigenvalue weighted by Gasteiger charge is 2.39. The Kier molecular flexibility index (Phi) is 23.0. The minimum atomic E-state index is -2.37. The lowest BCUT2D eigenvalue weighted by molar-refractivity contribution is -0.226. The third kappa shape index (κ3) is 25.9. The van der Waals surface area contributed by atoms with Gasteiger partial charge in [-0.05, 0) is 33.6 Å². The zero-order valence-corrected chi connectivity index (χ0v) is 17.7. The zero-order valence-electron chi connectivity index (χ0n) is 17.7. The summed E-state index contributed by atoms with van der Waals surface area (Å²) in [6.45, 7) is 14.1. The molecule has 0 saturated heterocycles. The maximum absolute atomic E-state index is 11.0. The Morgan fingerprint density at radius 1 is 0.786 bits per heavy atom. The van der Waals surface area contributed by atoms with E-state index >= 15 is 0 Å². The minimum Gasteiger partial charge on any atom is -0.463 e. The number of aliphatic hydroxyl groups is 2. The van der Waals surface area contributed by atoms with Gasteiger partial charge in [-0.15, -0.1) is 0 Å². The van der Waals surface area contributed by atoms with E-state index < -0.39 is 17.7 Å². The monoisotopic (exact) mass is 408 g/mol. The van der Waals surface area contributed by atoms with Crippen molar-refractivity contribution in [3.63, 3.8) is 0 Å². The van der Waals surface area contributed by atoms with Gasteiger partial charge in [-0.3, -0.25) is 4.79 Å². The van der Waals surface area contributed by atoms with E-state index in [1.807, 2.05) is 27.7 Å². The molecule has 0 aromatic heterocycles. The van der Waals surface area contributed by atoms with Crippen LogP contribution in [0.1, 0.15) is 61.8 Å². The molecule has 0 bridgehead atoms. The zero-order chi connectivity index (χ0) is 23.5. The van der Waals surface area contributed by atoms with Crippen molar-refractivity contribution in [2.45, 2.75) is 79.8 Å². The van der Waals surface area contributed by atoms with E-state index in [1.165, 1.54) is 13.8 Å². The molecular weight excluding hydrogens is 376 g/mol. The molecule has 0 saturated carbocycles. The lowest BCUT2D eigenvalue weighted by atomic mass is 10.0. The molecule has 10 heteroatoms. The molecular formula is C18H32O10. The normalized spacial score (nSPS) is 9.64. The van der Waals surface area contributed by atoms with E-state index in [1.54, 1.807) is 13.8 Å². The molecule has 28 heavy (non-hydrogen) atoms. The number of carbonyl (C=O) groups excluding carboxylic acids is 6. The van der Waals surface area contributed by atoms with Crippen LogP contribution in [-0.2, 0) is 38.2 Å². The molecule has 0 aromatic carbocycles. The summed E-state index contributed by atoms with van der Waals surface area (Å²) in [5.74, 6) is -3.64. The standard InChI is InChI=1S/C8H16O4.C8H16O2.2CO2/c1-5(2)8(10,11)7(9)12-6(3)4;1-6(2)5-8(9)10-7(3)4;2*2-1-3/h5-6,10-11H,1-4H3;6-7H,5H2,1-4H3;;. The lowest BCUT2D eigenvalue weighted by Gasteiger charge is -2.24. The highest BCUT2D eigenvalue weighted by molar-refractivity contribution is 5.77. The molecule has 10 nitrogen and oxygen atoms in total. The van der Waals surface area contributed by atoms with Gasteiger partial charge in [0.1, 0.15) is 0 Å². The van der Waals surface area contributed by atoms with Gasteiger partial charge in [-0.1, -0.05) is 27.7 Å². The molecule has 2 N–H and O–H groups in total. The van der Waals surface area contributed by atoms with Gasteiger partial charge in [-0.25, -0.2) is 4.79 Å². The minimum absolute atomic E-state index is 0.0197. The van der Waals surface area contributed by atoms with Crippen molar-refractivity contribution < 1.29 is 48.5 Å². The number of esters is 2. The second-order valence-corrected chi connectivity index (χ2v) is 6.64. The fourth-order valence-electron chi connectivity index (χ4n) is 1.18. The predicted molar refractivity (Wildman–Crippen MR) is 93.9 cm³/mol. The quantitative estimate of drug-likeness (QED) is 0.480. The highest BCUT2D eigenvalue weighted by Crippen LogP contribution is 2.15. The number of carbonyl (C=O) groups is 2. The summed E-state index contributed by atoms with van der Waals surface area (Å²) < 4.78 is 9.56. The number of hydrogen-bond acceptors (Lipinski definition) is 10. The van der Waals surface area contributed by atoms with E-state index in [-0.39, 0.29) is 30.5 Å². The van der Waals surface area contributed by atoms with Crippen LogP contribution in [0.15, 0.2) is 0 Å². The van der Waals surface area contributed by atoms with Crippen LogP contribution in [0.4, 0.5) is 0 Å². The Morgan fingerprint density at radius 2 is 1.11 bits per heavy atom. The van der Waals surface area contributed by atoms with Crippen molar-refractivity contribution in [2.75, 3.05) is 0 Å². The molecule has 0 fully saturated rings. The summed E-state index contributed by atoms with van der Waals surface area (Å²) in [5.41, 5.74) is 0. The van der Waals surface area contributed by atoms with Gasteiger partial charge < -0.3 is 19.7 Å². The van der Waals surface area contributed by atoms with Gasteiger partial charge in [0.15, 0.2) is 0 Å². The molecule has 0 spiro atoms. The number of rotatable bonds is 6. The highest BCUT2D eigenvalue weighted by atomic mass is 16.6. The Balaban J connectivity index is -0.000000162. The van der Waals surface area contributed by atoms with Crippen LogP contribution >= 0.6 is 0 Å². The topological polar surface area (TPSA) is 161 Å². The first-order chi connectivity index (χ1) is 12.6. The average molecular weight is 408 g/mol. The van der Waals surface area contributed by atoms with Gasteiger partial charge in [0.25, 0.3) is 5.79 Å². The lowest BCUT2D eigenvalue weighted by Crippen LogP contribution is -2.45. The van der Waals surface area contributed by atoms with Crippen molar-refractivity contribution in [1.29, 1.82) is 0 Å². The van der Waals surface area contributed by atoms with Crippen LogP contribution < -0.4 is 0 Å². The molecule has 0 aromatic rings. The van der Waals surface area contributed by atoms with Crippen molar-refractivity contribution in [3.8, 4) is 0 Å². The van der Waals surface area contributed by atoms with Crippen LogP contribution in [0.2, 0.25) is 0 Å². The molecule has 0 amide bonds. The predicted octanol–water partition coefficient (Wildman–Crippen LogP) is 1.09. The smallest absolute Gasteiger partial charge is 0.373 e. The molecule has 0 atom stereocenters. The van der Waals surface area contributed by atoms with E-state index in [2.05, 4.69) is 4.74 Å². The SMILES string of the molecule is CC(C)CC(=O)OC(C)C.CC(C)OC(=O)C(O)(O)C(C)C.O=C=O.O=C=O. The first kappa shape index (κ1) is 33.2. The second kappa shape index (κ2) is 19.4. The van der Waals surface area contributed by atoms with Gasteiger partial charge in [0.2, 0.25) is 0 Å². The molecule has 0 heterocycles. The fraction of sp³-hybridized carbons (Fsp3) is 0.778. The summed E-state index contributed by atoms with van der Waals surface area (Å²) in [4.78, 5) is 54.3. The third-order valence-electron chi connectivity index (χ3n) is 2.39. The van der Waals surface area contributed by atoms with Gasteiger partial charge in [0, 0.05) is 12.3 Å². The van der Waals surface area contributed by atoms with Crippen molar-refractivity contribution in [3.05, 3.63) is 0 Å². The first-order valence-corrected chi connectivity index (χ1v) is 8.47. The van der Waals surface area contributed by atoms with E-state index in [0.29, 0.717) is 12.3 Å². The van der Waals surface area contributed by atoms with Gasteiger partial charge >= 0.3 is 24.2 Å². The largest absolute Gasteiger partial charge is 0.463 e. The van der Waals surface area contributed by atoms with E-state index in [0.717, 1.165) is 0 Å². The Hall–Kier alpha value is -2.38. The van der Waals surface area contributed by atoms with Crippen LogP contribution in [0.3, 0.4) is 0 Å². The fourth-order valence-corrected chi connectivity index (χ4v) is 1.18. The number of ether oxygens (including phenoxy) is 2. The van der Waals surface area contributed by atoms with Crippen LogP contribution in [0.25, 0.3) is 0 Å². The third-order valence-corrected chi connectivity index (χ3v) is 2.39. The number of hydrogen-bond donors (Lipinski definition) is 2. The average Bonchev–Trinajstić information content (AvgIpc) is 2.46. The molecule has 0 rings (SSSR count). The molecule has 0 aliphatic rings. The maximum Gasteiger partial charge on any atom is 0.373 e.